The number of alkyl halides is 3. The third kappa shape index (κ3) is 7.01. The van der Waals surface area contributed by atoms with Crippen LogP contribution in [0.2, 0.25) is 0 Å². The highest BCUT2D eigenvalue weighted by Gasteiger charge is 2.36. The van der Waals surface area contributed by atoms with Crippen LogP contribution in [-0.4, -0.2) is 18.5 Å². The van der Waals surface area contributed by atoms with Crippen molar-refractivity contribution in [2.75, 3.05) is 0 Å². The van der Waals surface area contributed by atoms with Crippen molar-refractivity contribution in [2.45, 2.75) is 12.1 Å². The van der Waals surface area contributed by atoms with E-state index in [2.05, 4.69) is 46.9 Å². The summed E-state index contributed by atoms with van der Waals surface area (Å²) in [6.07, 6.45) is 1.98. The summed E-state index contributed by atoms with van der Waals surface area (Å²) in [6, 6.07) is 14.3. The Labute approximate surface area is 151 Å². The molecular formula is C14H13F3INO4S. The van der Waals surface area contributed by atoms with Crippen molar-refractivity contribution in [3.63, 3.8) is 0 Å². The summed E-state index contributed by atoms with van der Waals surface area (Å²) in [5, 5.41) is 0. The minimum absolute atomic E-state index is 0.606. The maximum atomic E-state index is 10.7. The lowest BCUT2D eigenvalue weighted by atomic mass is 10.2. The molecule has 0 atom stereocenters. The zero-order chi connectivity index (χ0) is 18.4. The molecule has 0 N–H and O–H groups in total. The SMILES string of the molecule is C[n+]1ccccc1OCc1ccc(I)cc1.O=S(=O)([O-])C(F)(F)F. The number of pyridine rings is 1. The zero-order valence-electron chi connectivity index (χ0n) is 12.3. The predicted molar refractivity (Wildman–Crippen MR) is 86.9 cm³/mol. The number of ether oxygens (including phenoxy) is 1. The minimum atomic E-state index is -6.09. The number of hydrogen-bond donors (Lipinski definition) is 0. The molecule has 0 saturated heterocycles. The lowest BCUT2D eigenvalue weighted by Gasteiger charge is -2.08. The van der Waals surface area contributed by atoms with Crippen LogP contribution in [0.4, 0.5) is 13.2 Å². The fourth-order valence-corrected chi connectivity index (χ4v) is 1.76. The van der Waals surface area contributed by atoms with Gasteiger partial charge in [0.25, 0.3) is 0 Å². The third-order valence-electron chi connectivity index (χ3n) is 2.59. The van der Waals surface area contributed by atoms with E-state index in [0.29, 0.717) is 6.61 Å². The second kappa shape index (κ2) is 8.62. The maximum Gasteiger partial charge on any atom is 0.485 e. The number of rotatable bonds is 3. The zero-order valence-corrected chi connectivity index (χ0v) is 15.3. The molecule has 132 valence electrons. The lowest BCUT2D eigenvalue weighted by Crippen LogP contribution is -2.29. The standard InChI is InChI=1S/C13H13INO.CHF3O3S/c1-15-9-3-2-4-13(15)16-10-11-5-7-12(14)8-6-11;2-1(3,4)8(5,6)7/h2-9H,10H2,1H3;(H,5,6,7)/q+1;/p-1. The monoisotopic (exact) mass is 475 g/mol. The summed E-state index contributed by atoms with van der Waals surface area (Å²) in [5.41, 5.74) is -4.46. The number of aromatic nitrogens is 1. The van der Waals surface area contributed by atoms with Gasteiger partial charge in [0.1, 0.15) is 13.7 Å². The van der Waals surface area contributed by atoms with E-state index in [0.717, 1.165) is 5.88 Å². The number of halogens is 4. The van der Waals surface area contributed by atoms with Crippen LogP contribution in [0, 0.1) is 3.57 Å². The van der Waals surface area contributed by atoms with Crippen molar-refractivity contribution in [2.24, 2.45) is 7.05 Å². The normalized spacial score (nSPS) is 11.4. The van der Waals surface area contributed by atoms with Gasteiger partial charge in [-0.25, -0.2) is 8.42 Å². The van der Waals surface area contributed by atoms with Gasteiger partial charge in [-0.2, -0.15) is 17.7 Å². The van der Waals surface area contributed by atoms with E-state index in [1.165, 1.54) is 9.13 Å². The van der Waals surface area contributed by atoms with E-state index in [-0.39, 0.29) is 0 Å². The first kappa shape index (κ1) is 20.6. The summed E-state index contributed by atoms with van der Waals surface area (Å²) in [6.45, 7) is 0.606. The van der Waals surface area contributed by atoms with Crippen molar-refractivity contribution >= 4 is 32.7 Å². The Hall–Kier alpha value is -1.40. The highest BCUT2D eigenvalue weighted by molar-refractivity contribution is 14.1. The Morgan fingerprint density at radius 3 is 2.17 bits per heavy atom. The topological polar surface area (TPSA) is 70.3 Å². The molecule has 0 spiro atoms. The molecule has 0 amide bonds. The number of nitrogens with zero attached hydrogens (tertiary/aromatic N) is 1. The average Bonchev–Trinajstić information content (AvgIpc) is 2.47. The molecule has 5 nitrogen and oxygen atoms in total. The van der Waals surface area contributed by atoms with Gasteiger partial charge < -0.3 is 9.29 Å². The first-order valence-corrected chi connectivity index (χ1v) is 8.83. The molecule has 1 aromatic carbocycles. The summed E-state index contributed by atoms with van der Waals surface area (Å²) < 4.78 is 67.8. The smallest absolute Gasteiger partial charge is 0.485 e. The molecule has 0 fully saturated rings. The Kier molecular flexibility index (Phi) is 7.42. The van der Waals surface area contributed by atoms with Gasteiger partial charge in [0, 0.05) is 9.64 Å². The maximum absolute atomic E-state index is 10.7. The van der Waals surface area contributed by atoms with Crippen LogP contribution < -0.4 is 9.30 Å². The van der Waals surface area contributed by atoms with Gasteiger partial charge in [0.15, 0.2) is 16.3 Å². The van der Waals surface area contributed by atoms with Crippen molar-refractivity contribution in [3.8, 4) is 5.88 Å². The second-order valence-corrected chi connectivity index (χ2v) is 7.08. The molecule has 0 bridgehead atoms. The van der Waals surface area contributed by atoms with Gasteiger partial charge in [-0.05, 0) is 46.4 Å². The van der Waals surface area contributed by atoms with Crippen molar-refractivity contribution in [3.05, 3.63) is 57.8 Å². The summed E-state index contributed by atoms with van der Waals surface area (Å²) in [4.78, 5) is 0. The molecule has 0 unspecified atom stereocenters. The van der Waals surface area contributed by atoms with Crippen molar-refractivity contribution < 1.29 is 35.4 Å². The van der Waals surface area contributed by atoms with Gasteiger partial charge in [-0.3, -0.25) is 0 Å². The van der Waals surface area contributed by atoms with Gasteiger partial charge in [-0.1, -0.05) is 12.1 Å². The summed E-state index contributed by atoms with van der Waals surface area (Å²) >= 11 is 2.30. The number of hydrogen-bond acceptors (Lipinski definition) is 4. The molecule has 10 heteroatoms. The van der Waals surface area contributed by atoms with Crippen LogP contribution in [0.15, 0.2) is 48.7 Å². The van der Waals surface area contributed by atoms with Gasteiger partial charge >= 0.3 is 11.4 Å². The van der Waals surface area contributed by atoms with Crippen LogP contribution in [0.3, 0.4) is 0 Å². The molecule has 2 rings (SSSR count). The van der Waals surface area contributed by atoms with Crippen LogP contribution >= 0.6 is 22.6 Å². The minimum Gasteiger partial charge on any atom is -0.741 e. The predicted octanol–water partition coefficient (Wildman–Crippen LogP) is 2.75. The molecule has 0 aliphatic heterocycles. The molecule has 2 aromatic rings. The Morgan fingerprint density at radius 2 is 1.71 bits per heavy atom. The highest BCUT2D eigenvalue weighted by Crippen LogP contribution is 2.20. The molecule has 0 radical (unpaired) electrons. The van der Waals surface area contributed by atoms with E-state index in [4.69, 9.17) is 17.7 Å². The van der Waals surface area contributed by atoms with Crippen LogP contribution in [0.5, 0.6) is 5.88 Å². The largest absolute Gasteiger partial charge is 0.741 e. The highest BCUT2D eigenvalue weighted by atomic mass is 127. The molecular weight excluding hydrogens is 462 g/mol. The molecule has 0 aliphatic rings. The molecule has 1 heterocycles. The van der Waals surface area contributed by atoms with Crippen LogP contribution in [-0.2, 0) is 23.8 Å². The van der Waals surface area contributed by atoms with E-state index in [1.807, 2.05) is 36.0 Å². The van der Waals surface area contributed by atoms with Crippen LogP contribution in [0.25, 0.3) is 0 Å². The van der Waals surface area contributed by atoms with E-state index in [9.17, 15) is 13.2 Å². The first-order chi connectivity index (χ1) is 11.0. The van der Waals surface area contributed by atoms with E-state index in [1.54, 1.807) is 0 Å². The Morgan fingerprint density at radius 1 is 1.17 bits per heavy atom. The third-order valence-corrected chi connectivity index (χ3v) is 3.88. The first-order valence-electron chi connectivity index (χ1n) is 6.35. The average molecular weight is 475 g/mol. The summed E-state index contributed by atoms with van der Waals surface area (Å²) in [5.74, 6) is 0.876. The second-order valence-electron chi connectivity index (χ2n) is 4.46. The van der Waals surface area contributed by atoms with Crippen molar-refractivity contribution in [1.82, 2.24) is 0 Å². The van der Waals surface area contributed by atoms with Crippen LogP contribution in [0.1, 0.15) is 5.56 Å². The van der Waals surface area contributed by atoms with Crippen molar-refractivity contribution in [1.29, 1.82) is 0 Å². The van der Waals surface area contributed by atoms with Gasteiger partial charge in [0.2, 0.25) is 0 Å². The quantitative estimate of drug-likeness (QED) is 0.297. The Bertz CT molecular complexity index is 764. The molecule has 24 heavy (non-hydrogen) atoms. The van der Waals surface area contributed by atoms with E-state index >= 15 is 0 Å². The lowest BCUT2D eigenvalue weighted by molar-refractivity contribution is -0.677. The fourth-order valence-electron chi connectivity index (χ4n) is 1.40. The summed E-state index contributed by atoms with van der Waals surface area (Å²) in [7, 11) is -4.11. The van der Waals surface area contributed by atoms with E-state index < -0.39 is 15.6 Å². The molecule has 0 saturated carbocycles. The number of aryl methyl sites for hydroxylation is 1. The van der Waals surface area contributed by atoms with Gasteiger partial charge in [-0.15, -0.1) is 0 Å². The fraction of sp³-hybridized carbons (Fsp3) is 0.214. The number of benzene rings is 1. The Balaban J connectivity index is 0.000000307. The molecule has 0 aliphatic carbocycles. The van der Waals surface area contributed by atoms with Gasteiger partial charge in [0.05, 0.1) is 6.07 Å². The molecule has 1 aromatic heterocycles.